The third kappa shape index (κ3) is 2.78. The van der Waals surface area contributed by atoms with Crippen LogP contribution in [0.5, 0.6) is 0 Å². The SMILES string of the molecule is CC1CNCCC1C(c1ccccc1)c1ccccc1. The van der Waals surface area contributed by atoms with Gasteiger partial charge in [-0.15, -0.1) is 0 Å². The molecule has 2 unspecified atom stereocenters. The van der Waals surface area contributed by atoms with Gasteiger partial charge in [0.15, 0.2) is 0 Å². The molecule has 0 radical (unpaired) electrons. The van der Waals surface area contributed by atoms with Crippen LogP contribution in [-0.4, -0.2) is 13.1 Å². The van der Waals surface area contributed by atoms with Gasteiger partial charge in [0.05, 0.1) is 0 Å². The van der Waals surface area contributed by atoms with E-state index in [1.807, 2.05) is 0 Å². The van der Waals surface area contributed by atoms with E-state index in [1.165, 1.54) is 17.5 Å². The monoisotopic (exact) mass is 265 g/mol. The van der Waals surface area contributed by atoms with E-state index in [9.17, 15) is 0 Å². The van der Waals surface area contributed by atoms with Gasteiger partial charge in [-0.2, -0.15) is 0 Å². The number of nitrogens with one attached hydrogen (secondary N) is 1. The zero-order valence-corrected chi connectivity index (χ0v) is 12.1. The van der Waals surface area contributed by atoms with Gasteiger partial charge in [-0.25, -0.2) is 0 Å². The summed E-state index contributed by atoms with van der Waals surface area (Å²) in [4.78, 5) is 0. The van der Waals surface area contributed by atoms with Crippen molar-refractivity contribution in [3.63, 3.8) is 0 Å². The van der Waals surface area contributed by atoms with E-state index in [0.717, 1.165) is 19.0 Å². The summed E-state index contributed by atoms with van der Waals surface area (Å²) in [6, 6.07) is 22.0. The lowest BCUT2D eigenvalue weighted by Crippen LogP contribution is -2.38. The van der Waals surface area contributed by atoms with E-state index in [1.54, 1.807) is 0 Å². The molecular formula is C19H23N. The second kappa shape index (κ2) is 6.23. The molecule has 1 fully saturated rings. The quantitative estimate of drug-likeness (QED) is 0.882. The van der Waals surface area contributed by atoms with Crippen molar-refractivity contribution < 1.29 is 0 Å². The summed E-state index contributed by atoms with van der Waals surface area (Å²) in [5.41, 5.74) is 2.91. The Bertz CT molecular complexity index is 480. The summed E-state index contributed by atoms with van der Waals surface area (Å²) in [6.45, 7) is 4.67. The predicted octanol–water partition coefficient (Wildman–Crippen LogP) is 4.06. The summed E-state index contributed by atoms with van der Waals surface area (Å²) in [7, 11) is 0. The van der Waals surface area contributed by atoms with E-state index in [-0.39, 0.29) is 0 Å². The highest BCUT2D eigenvalue weighted by Crippen LogP contribution is 2.39. The van der Waals surface area contributed by atoms with E-state index in [2.05, 4.69) is 72.9 Å². The van der Waals surface area contributed by atoms with Crippen molar-refractivity contribution in [2.24, 2.45) is 11.8 Å². The molecular weight excluding hydrogens is 242 g/mol. The van der Waals surface area contributed by atoms with E-state index in [4.69, 9.17) is 0 Å². The van der Waals surface area contributed by atoms with Crippen LogP contribution in [0.1, 0.15) is 30.4 Å². The van der Waals surface area contributed by atoms with Crippen molar-refractivity contribution in [2.45, 2.75) is 19.3 Å². The second-order valence-electron chi connectivity index (χ2n) is 5.93. The van der Waals surface area contributed by atoms with Gasteiger partial charge in [-0.3, -0.25) is 0 Å². The normalized spacial score (nSPS) is 22.9. The highest BCUT2D eigenvalue weighted by Gasteiger charge is 2.30. The summed E-state index contributed by atoms with van der Waals surface area (Å²) in [6.07, 6.45) is 1.26. The molecule has 0 bridgehead atoms. The van der Waals surface area contributed by atoms with Crippen LogP contribution in [0.3, 0.4) is 0 Å². The smallest absolute Gasteiger partial charge is 0.0121 e. The zero-order chi connectivity index (χ0) is 13.8. The first-order chi connectivity index (χ1) is 9.86. The van der Waals surface area contributed by atoms with Gasteiger partial charge in [0.2, 0.25) is 0 Å². The molecule has 0 spiro atoms. The molecule has 1 heterocycles. The number of piperidine rings is 1. The molecule has 0 aliphatic carbocycles. The Morgan fingerprint density at radius 1 is 0.900 bits per heavy atom. The minimum Gasteiger partial charge on any atom is -0.316 e. The van der Waals surface area contributed by atoms with Gasteiger partial charge in [-0.1, -0.05) is 67.6 Å². The Morgan fingerprint density at radius 2 is 1.45 bits per heavy atom. The summed E-state index contributed by atoms with van der Waals surface area (Å²) in [5, 5.41) is 3.52. The van der Waals surface area contributed by atoms with E-state index >= 15 is 0 Å². The van der Waals surface area contributed by atoms with Crippen LogP contribution >= 0.6 is 0 Å². The molecule has 1 heteroatoms. The first-order valence-corrected chi connectivity index (χ1v) is 7.67. The van der Waals surface area contributed by atoms with Crippen molar-refractivity contribution in [3.8, 4) is 0 Å². The van der Waals surface area contributed by atoms with Crippen LogP contribution in [0.25, 0.3) is 0 Å². The molecule has 0 aromatic heterocycles. The molecule has 2 aromatic rings. The minimum atomic E-state index is 0.523. The van der Waals surface area contributed by atoms with Crippen molar-refractivity contribution in [3.05, 3.63) is 71.8 Å². The van der Waals surface area contributed by atoms with Crippen LogP contribution in [0.15, 0.2) is 60.7 Å². The number of hydrogen-bond acceptors (Lipinski definition) is 1. The van der Waals surface area contributed by atoms with Gasteiger partial charge in [0.25, 0.3) is 0 Å². The van der Waals surface area contributed by atoms with Gasteiger partial charge in [-0.05, 0) is 42.5 Å². The highest BCUT2D eigenvalue weighted by atomic mass is 14.9. The molecule has 3 rings (SSSR count). The van der Waals surface area contributed by atoms with E-state index in [0.29, 0.717) is 11.8 Å². The number of hydrogen-bond donors (Lipinski definition) is 1. The lowest BCUT2D eigenvalue weighted by atomic mass is 9.72. The summed E-state index contributed by atoms with van der Waals surface area (Å²) in [5.74, 6) is 1.96. The zero-order valence-electron chi connectivity index (χ0n) is 12.1. The van der Waals surface area contributed by atoms with Gasteiger partial charge < -0.3 is 5.32 Å². The molecule has 1 nitrogen and oxygen atoms in total. The highest BCUT2D eigenvalue weighted by molar-refractivity contribution is 5.33. The van der Waals surface area contributed by atoms with E-state index < -0.39 is 0 Å². The average Bonchev–Trinajstić information content (AvgIpc) is 2.52. The Morgan fingerprint density at radius 3 is 1.95 bits per heavy atom. The Kier molecular flexibility index (Phi) is 4.17. The lowest BCUT2D eigenvalue weighted by Gasteiger charge is -2.36. The summed E-state index contributed by atoms with van der Waals surface area (Å²) < 4.78 is 0. The standard InChI is InChI=1S/C19H23N/c1-15-14-20-13-12-18(15)19(16-8-4-2-5-9-16)17-10-6-3-7-11-17/h2-11,15,18-20H,12-14H2,1H3. The van der Waals surface area contributed by atoms with Crippen LogP contribution in [0.4, 0.5) is 0 Å². The largest absolute Gasteiger partial charge is 0.316 e. The lowest BCUT2D eigenvalue weighted by molar-refractivity contribution is 0.249. The van der Waals surface area contributed by atoms with Gasteiger partial charge in [0, 0.05) is 5.92 Å². The molecule has 1 aliphatic heterocycles. The number of benzene rings is 2. The van der Waals surface area contributed by atoms with Crippen LogP contribution in [0, 0.1) is 11.8 Å². The first-order valence-electron chi connectivity index (χ1n) is 7.67. The molecule has 1 N–H and O–H groups in total. The molecule has 1 aliphatic rings. The van der Waals surface area contributed by atoms with Gasteiger partial charge >= 0.3 is 0 Å². The molecule has 0 saturated carbocycles. The number of rotatable bonds is 3. The van der Waals surface area contributed by atoms with Crippen molar-refractivity contribution in [1.82, 2.24) is 5.32 Å². The maximum absolute atomic E-state index is 3.52. The molecule has 0 amide bonds. The minimum absolute atomic E-state index is 0.523. The van der Waals surface area contributed by atoms with Crippen molar-refractivity contribution in [1.29, 1.82) is 0 Å². The average molecular weight is 265 g/mol. The topological polar surface area (TPSA) is 12.0 Å². The Balaban J connectivity index is 1.99. The van der Waals surface area contributed by atoms with Crippen LogP contribution in [-0.2, 0) is 0 Å². The fourth-order valence-electron chi connectivity index (χ4n) is 3.54. The first kappa shape index (κ1) is 13.4. The maximum Gasteiger partial charge on any atom is 0.0121 e. The Labute approximate surface area is 122 Å². The fraction of sp³-hybridized carbons (Fsp3) is 0.368. The van der Waals surface area contributed by atoms with Gasteiger partial charge in [0.1, 0.15) is 0 Å². The molecule has 2 atom stereocenters. The van der Waals surface area contributed by atoms with Crippen LogP contribution < -0.4 is 5.32 Å². The van der Waals surface area contributed by atoms with Crippen LogP contribution in [0.2, 0.25) is 0 Å². The predicted molar refractivity (Wildman–Crippen MR) is 84.9 cm³/mol. The molecule has 1 saturated heterocycles. The fourth-order valence-corrected chi connectivity index (χ4v) is 3.54. The molecule has 104 valence electrons. The Hall–Kier alpha value is -1.60. The third-order valence-corrected chi connectivity index (χ3v) is 4.60. The third-order valence-electron chi connectivity index (χ3n) is 4.60. The molecule has 2 aromatic carbocycles. The summed E-state index contributed by atoms with van der Waals surface area (Å²) >= 11 is 0. The molecule has 20 heavy (non-hydrogen) atoms. The van der Waals surface area contributed by atoms with Crippen molar-refractivity contribution >= 4 is 0 Å². The van der Waals surface area contributed by atoms with Crippen molar-refractivity contribution in [2.75, 3.05) is 13.1 Å². The second-order valence-corrected chi connectivity index (χ2v) is 5.93. The maximum atomic E-state index is 3.52.